The number of nitrogens with zero attached hydrogens (tertiary/aromatic N) is 1. The highest BCUT2D eigenvalue weighted by Gasteiger charge is 2.25. The van der Waals surface area contributed by atoms with Crippen molar-refractivity contribution in [2.45, 2.75) is 40.0 Å². The summed E-state index contributed by atoms with van der Waals surface area (Å²) >= 11 is 0. The molecule has 2 rings (SSSR count). The molecule has 1 aliphatic heterocycles. The van der Waals surface area contributed by atoms with Crippen LogP contribution in [0.1, 0.15) is 55.2 Å². The zero-order chi connectivity index (χ0) is 13.0. The molecule has 1 aliphatic rings. The van der Waals surface area contributed by atoms with Gasteiger partial charge < -0.3 is 5.32 Å². The fraction of sp³-hybridized carbons (Fsp3) is 0.583. The van der Waals surface area contributed by atoms with Gasteiger partial charge in [-0.25, -0.2) is 5.10 Å². The largest absolute Gasteiger partial charge is 0.352 e. The summed E-state index contributed by atoms with van der Waals surface area (Å²) in [6.07, 6.45) is 0.582. The molecule has 0 radical (unpaired) electrons. The van der Waals surface area contributed by atoms with Crippen LogP contribution in [0, 0.1) is 0 Å². The van der Waals surface area contributed by atoms with Crippen molar-refractivity contribution < 1.29 is 4.79 Å². The van der Waals surface area contributed by atoms with Crippen LogP contribution in [0.25, 0.3) is 0 Å². The van der Waals surface area contributed by atoms with Crippen molar-refractivity contribution >= 4 is 5.91 Å². The molecule has 1 amide bonds. The van der Waals surface area contributed by atoms with Crippen LogP contribution < -0.4 is 10.9 Å². The van der Waals surface area contributed by atoms with Crippen molar-refractivity contribution in [1.82, 2.24) is 15.5 Å². The number of carbonyl (C=O) groups excluding carboxylic acids is 1. The smallest absolute Gasteiger partial charge is 0.268 e. The van der Waals surface area contributed by atoms with Gasteiger partial charge in [-0.2, -0.15) is 5.10 Å². The Kier molecular flexibility index (Phi) is 4.43. The van der Waals surface area contributed by atoms with E-state index in [2.05, 4.69) is 15.5 Å². The normalized spacial score (nSPS) is 13.6. The van der Waals surface area contributed by atoms with E-state index < -0.39 is 0 Å². The minimum Gasteiger partial charge on any atom is -0.352 e. The van der Waals surface area contributed by atoms with Crippen LogP contribution in [0.2, 0.25) is 0 Å². The first-order chi connectivity index (χ1) is 8.11. The minimum atomic E-state index is -0.246. The van der Waals surface area contributed by atoms with Gasteiger partial charge in [-0.3, -0.25) is 9.59 Å². The number of hydrogen-bond acceptors (Lipinski definition) is 3. The Bertz CT molecular complexity index is 463. The first-order valence-electron chi connectivity index (χ1n) is 6.01. The second-order valence-corrected chi connectivity index (χ2v) is 3.95. The number of H-pyrrole nitrogens is 1. The summed E-state index contributed by atoms with van der Waals surface area (Å²) in [4.78, 5) is 23.1. The number of carbonyl (C=O) groups is 1. The fourth-order valence-electron chi connectivity index (χ4n) is 1.80. The number of aromatic nitrogens is 2. The number of nitrogens with one attached hydrogen (secondary N) is 2. The van der Waals surface area contributed by atoms with Gasteiger partial charge in [0.25, 0.3) is 11.5 Å². The van der Waals surface area contributed by atoms with Crippen molar-refractivity contribution in [2.75, 3.05) is 6.54 Å². The number of aromatic amines is 1. The van der Waals surface area contributed by atoms with Gasteiger partial charge in [0.1, 0.15) is 0 Å². The lowest BCUT2D eigenvalue weighted by atomic mass is 9.96. The second kappa shape index (κ2) is 5.61. The van der Waals surface area contributed by atoms with E-state index in [9.17, 15) is 9.59 Å². The molecule has 0 aromatic carbocycles. The van der Waals surface area contributed by atoms with Gasteiger partial charge in [-0.1, -0.05) is 27.7 Å². The quantitative estimate of drug-likeness (QED) is 0.770. The summed E-state index contributed by atoms with van der Waals surface area (Å²) in [7, 11) is 0. The van der Waals surface area contributed by atoms with E-state index in [1.54, 1.807) is 0 Å². The summed E-state index contributed by atoms with van der Waals surface area (Å²) in [6, 6.07) is 0. The molecule has 5 nitrogen and oxygen atoms in total. The van der Waals surface area contributed by atoms with Crippen molar-refractivity contribution in [3.63, 3.8) is 0 Å². The Morgan fingerprint density at radius 1 is 1.24 bits per heavy atom. The molecule has 0 saturated carbocycles. The highest BCUT2D eigenvalue weighted by molar-refractivity contribution is 5.97. The molecule has 0 aliphatic carbocycles. The van der Waals surface area contributed by atoms with Crippen LogP contribution in [0.5, 0.6) is 0 Å². The average Bonchev–Trinajstić information content (AvgIpc) is 2.33. The second-order valence-electron chi connectivity index (χ2n) is 3.95. The van der Waals surface area contributed by atoms with E-state index in [0.717, 1.165) is 0 Å². The molecule has 1 aromatic heterocycles. The molecule has 1 aromatic rings. The first kappa shape index (κ1) is 13.4. The number of hydrogen-bond donors (Lipinski definition) is 2. The van der Waals surface area contributed by atoms with Crippen LogP contribution in [0.15, 0.2) is 4.79 Å². The van der Waals surface area contributed by atoms with E-state index in [1.165, 1.54) is 0 Å². The van der Waals surface area contributed by atoms with Gasteiger partial charge >= 0.3 is 0 Å². The fourth-order valence-corrected chi connectivity index (χ4v) is 1.80. The average molecular weight is 237 g/mol. The molecule has 0 fully saturated rings. The lowest BCUT2D eigenvalue weighted by molar-refractivity contribution is 0.0943. The monoisotopic (exact) mass is 237 g/mol. The maximum Gasteiger partial charge on any atom is 0.268 e. The summed E-state index contributed by atoms with van der Waals surface area (Å²) in [6.45, 7) is 8.42. The third-order valence-corrected chi connectivity index (χ3v) is 2.54. The lowest BCUT2D eigenvalue weighted by Crippen LogP contribution is -2.38. The topological polar surface area (TPSA) is 74.8 Å². The Labute approximate surface area is 101 Å². The summed E-state index contributed by atoms with van der Waals surface area (Å²) < 4.78 is 0. The predicted octanol–water partition coefficient (Wildman–Crippen LogP) is 1.21. The van der Waals surface area contributed by atoms with Gasteiger partial charge in [0.2, 0.25) is 0 Å². The van der Waals surface area contributed by atoms with Gasteiger partial charge in [-0.05, 0) is 12.3 Å². The third-order valence-electron chi connectivity index (χ3n) is 2.54. The van der Waals surface area contributed by atoms with Crippen molar-refractivity contribution in [3.8, 4) is 0 Å². The van der Waals surface area contributed by atoms with E-state index in [0.29, 0.717) is 29.8 Å². The van der Waals surface area contributed by atoms with Crippen LogP contribution >= 0.6 is 0 Å². The van der Waals surface area contributed by atoms with Gasteiger partial charge in [0.15, 0.2) is 0 Å². The van der Waals surface area contributed by atoms with E-state index in [-0.39, 0.29) is 17.4 Å². The maximum absolute atomic E-state index is 11.7. The molecular formula is C12H19N3O2. The zero-order valence-corrected chi connectivity index (χ0v) is 10.8. The first-order valence-corrected chi connectivity index (χ1v) is 6.01. The number of fused-ring (bicyclic) bond motifs is 1. The van der Waals surface area contributed by atoms with Crippen LogP contribution in [-0.4, -0.2) is 22.6 Å². The molecule has 0 saturated heterocycles. The zero-order valence-electron chi connectivity index (χ0n) is 10.8. The van der Waals surface area contributed by atoms with E-state index >= 15 is 0 Å². The van der Waals surface area contributed by atoms with E-state index in [1.807, 2.05) is 27.7 Å². The Balaban J connectivity index is 0.000000686. The molecule has 0 unspecified atom stereocenters. The molecule has 2 N–H and O–H groups in total. The Morgan fingerprint density at radius 2 is 1.88 bits per heavy atom. The van der Waals surface area contributed by atoms with Crippen LogP contribution in [0.4, 0.5) is 0 Å². The summed E-state index contributed by atoms with van der Waals surface area (Å²) in [5.41, 5.74) is 1.46. The maximum atomic E-state index is 11.7. The van der Waals surface area contributed by atoms with Crippen molar-refractivity contribution in [3.05, 3.63) is 27.2 Å². The Morgan fingerprint density at radius 3 is 2.47 bits per heavy atom. The molecule has 0 spiro atoms. The lowest BCUT2D eigenvalue weighted by Gasteiger charge is -2.18. The SMILES string of the molecule is CC.CC(C)c1n[nH]c(=O)c2c1C(=O)NCC2. The molecule has 17 heavy (non-hydrogen) atoms. The molecule has 2 heterocycles. The van der Waals surface area contributed by atoms with Crippen molar-refractivity contribution in [2.24, 2.45) is 0 Å². The van der Waals surface area contributed by atoms with E-state index in [4.69, 9.17) is 0 Å². The minimum absolute atomic E-state index is 0.124. The number of amides is 1. The highest BCUT2D eigenvalue weighted by atomic mass is 16.2. The predicted molar refractivity (Wildman–Crippen MR) is 66.3 cm³/mol. The molecule has 94 valence electrons. The standard InChI is InChI=1S/C10H13N3O2.C2H6/c1-5(2)8-7-6(9(14)13-12-8)3-4-11-10(7)15;1-2/h5H,3-4H2,1-2H3,(H,11,15)(H,13,14);1-2H3. The summed E-state index contributed by atoms with van der Waals surface area (Å²) in [5.74, 6) is -0.0574. The summed E-state index contributed by atoms with van der Waals surface area (Å²) in [5, 5.41) is 9.12. The van der Waals surface area contributed by atoms with Gasteiger partial charge in [0.05, 0.1) is 11.3 Å². The Hall–Kier alpha value is -1.65. The van der Waals surface area contributed by atoms with Crippen molar-refractivity contribution in [1.29, 1.82) is 0 Å². The van der Waals surface area contributed by atoms with Gasteiger partial charge in [0, 0.05) is 12.1 Å². The number of rotatable bonds is 1. The molecular weight excluding hydrogens is 218 g/mol. The third kappa shape index (κ3) is 2.54. The molecule has 0 bridgehead atoms. The van der Waals surface area contributed by atoms with Gasteiger partial charge in [-0.15, -0.1) is 0 Å². The highest BCUT2D eigenvalue weighted by Crippen LogP contribution is 2.19. The van der Waals surface area contributed by atoms with Crippen LogP contribution in [-0.2, 0) is 6.42 Å². The molecule has 0 atom stereocenters. The molecule has 5 heteroatoms. The van der Waals surface area contributed by atoms with Crippen LogP contribution in [0.3, 0.4) is 0 Å².